The Hall–Kier alpha value is -1.09. The van der Waals surface area contributed by atoms with E-state index in [2.05, 4.69) is 5.32 Å². The van der Waals surface area contributed by atoms with E-state index in [1.165, 1.54) is 31.7 Å². The number of aliphatic hydroxyl groups is 1. The van der Waals surface area contributed by atoms with Crippen LogP contribution in [0.15, 0.2) is 18.2 Å². The molecule has 0 amide bonds. The van der Waals surface area contributed by atoms with Crippen molar-refractivity contribution in [1.82, 2.24) is 0 Å². The molecular weight excluding hydrogens is 229 g/mol. The number of anilines is 1. The van der Waals surface area contributed by atoms with Gasteiger partial charge in [0.25, 0.3) is 0 Å². The molecule has 1 aromatic rings. The minimum Gasteiger partial charge on any atom is -0.391 e. The lowest BCUT2D eigenvalue weighted by Crippen LogP contribution is -2.22. The normalized spacial score (nSPS) is 17.9. The van der Waals surface area contributed by atoms with Crippen LogP contribution in [0.4, 0.5) is 10.1 Å². The fraction of sp³-hybridized carbons (Fsp3) is 0.600. The molecule has 0 radical (unpaired) electrons. The first-order valence-electron chi connectivity index (χ1n) is 6.83. The Bertz CT molecular complexity index is 388. The molecule has 0 spiro atoms. The maximum atomic E-state index is 13.6. The summed E-state index contributed by atoms with van der Waals surface area (Å²) in [5.74, 6) is 0.410. The number of hydrogen-bond donors (Lipinski definition) is 2. The third-order valence-electron chi connectivity index (χ3n) is 3.73. The van der Waals surface area contributed by atoms with E-state index in [9.17, 15) is 9.50 Å². The van der Waals surface area contributed by atoms with E-state index < -0.39 is 0 Å². The van der Waals surface area contributed by atoms with Gasteiger partial charge in [-0.25, -0.2) is 4.39 Å². The Labute approximate surface area is 108 Å². The van der Waals surface area contributed by atoms with Crippen LogP contribution in [0.5, 0.6) is 0 Å². The minimum absolute atomic E-state index is 0.247. The summed E-state index contributed by atoms with van der Waals surface area (Å²) in [6, 6.07) is 5.10. The molecular formula is C15H22FNO. The molecule has 1 unspecified atom stereocenters. The predicted molar refractivity (Wildman–Crippen MR) is 72.2 cm³/mol. The minimum atomic E-state index is -0.381. The van der Waals surface area contributed by atoms with Crippen molar-refractivity contribution in [2.45, 2.75) is 45.1 Å². The highest BCUT2D eigenvalue weighted by molar-refractivity contribution is 5.46. The average Bonchev–Trinajstić information content (AvgIpc) is 2.80. The van der Waals surface area contributed by atoms with Crippen LogP contribution in [0.25, 0.3) is 0 Å². The van der Waals surface area contributed by atoms with Crippen LogP contribution in [0.3, 0.4) is 0 Å². The highest BCUT2D eigenvalue weighted by atomic mass is 19.1. The molecule has 0 aromatic heterocycles. The van der Waals surface area contributed by atoms with Crippen molar-refractivity contribution in [3.8, 4) is 0 Å². The molecule has 1 aliphatic carbocycles. The van der Waals surface area contributed by atoms with Crippen molar-refractivity contribution in [3.63, 3.8) is 0 Å². The molecule has 100 valence electrons. The lowest BCUT2D eigenvalue weighted by atomic mass is 10.00. The number of hydrogen-bond acceptors (Lipinski definition) is 2. The van der Waals surface area contributed by atoms with Gasteiger partial charge in [0.1, 0.15) is 5.82 Å². The molecule has 0 aliphatic heterocycles. The number of benzene rings is 1. The first-order chi connectivity index (χ1) is 8.65. The monoisotopic (exact) mass is 251 g/mol. The van der Waals surface area contributed by atoms with Gasteiger partial charge in [-0.15, -0.1) is 0 Å². The molecule has 3 heteroatoms. The summed E-state index contributed by atoms with van der Waals surface area (Å²) in [5, 5.41) is 12.9. The first kappa shape index (κ1) is 13.3. The zero-order valence-electron chi connectivity index (χ0n) is 11.0. The van der Waals surface area contributed by atoms with Crippen LogP contribution in [-0.4, -0.2) is 17.8 Å². The maximum absolute atomic E-state index is 13.6. The van der Waals surface area contributed by atoms with E-state index in [-0.39, 0.29) is 11.9 Å². The fourth-order valence-electron chi connectivity index (χ4n) is 2.71. The molecule has 1 aromatic carbocycles. The summed E-state index contributed by atoms with van der Waals surface area (Å²) in [6.45, 7) is 2.29. The zero-order valence-corrected chi connectivity index (χ0v) is 11.0. The molecule has 0 bridgehead atoms. The van der Waals surface area contributed by atoms with Gasteiger partial charge in [-0.05, 0) is 37.0 Å². The molecule has 2 nitrogen and oxygen atoms in total. The molecule has 1 aliphatic rings. The van der Waals surface area contributed by atoms with Crippen LogP contribution < -0.4 is 5.32 Å². The number of aryl methyl sites for hydroxylation is 1. The fourth-order valence-corrected chi connectivity index (χ4v) is 2.71. The van der Waals surface area contributed by atoms with Crippen molar-refractivity contribution < 1.29 is 9.50 Å². The Morgan fingerprint density at radius 2 is 2.11 bits per heavy atom. The Morgan fingerprint density at radius 3 is 2.78 bits per heavy atom. The predicted octanol–water partition coefficient (Wildman–Crippen LogP) is 3.49. The molecule has 1 atom stereocenters. The summed E-state index contributed by atoms with van der Waals surface area (Å²) < 4.78 is 13.6. The van der Waals surface area contributed by atoms with Gasteiger partial charge in [0.15, 0.2) is 0 Å². The van der Waals surface area contributed by atoms with Crippen molar-refractivity contribution in [2.24, 2.45) is 5.92 Å². The van der Waals surface area contributed by atoms with Gasteiger partial charge in [-0.3, -0.25) is 0 Å². The van der Waals surface area contributed by atoms with Gasteiger partial charge in [0, 0.05) is 6.54 Å². The van der Waals surface area contributed by atoms with Crippen LogP contribution in [0, 0.1) is 18.7 Å². The van der Waals surface area contributed by atoms with E-state index in [4.69, 9.17) is 0 Å². The van der Waals surface area contributed by atoms with Crippen molar-refractivity contribution >= 4 is 5.69 Å². The van der Waals surface area contributed by atoms with Gasteiger partial charge in [0.05, 0.1) is 11.8 Å². The summed E-state index contributed by atoms with van der Waals surface area (Å²) >= 11 is 0. The Morgan fingerprint density at radius 1 is 1.39 bits per heavy atom. The second-order valence-electron chi connectivity index (χ2n) is 5.40. The molecule has 2 rings (SSSR count). The molecule has 18 heavy (non-hydrogen) atoms. The number of nitrogens with one attached hydrogen (secondary N) is 1. The van der Waals surface area contributed by atoms with Crippen molar-refractivity contribution in [2.75, 3.05) is 11.9 Å². The van der Waals surface area contributed by atoms with Crippen LogP contribution >= 0.6 is 0 Å². The third kappa shape index (κ3) is 3.70. The number of halogens is 1. The van der Waals surface area contributed by atoms with E-state index in [0.29, 0.717) is 18.2 Å². The molecule has 1 fully saturated rings. The number of aliphatic hydroxyl groups excluding tert-OH is 1. The van der Waals surface area contributed by atoms with Gasteiger partial charge in [0.2, 0.25) is 0 Å². The Kier molecular flexibility index (Phi) is 4.59. The van der Waals surface area contributed by atoms with Crippen LogP contribution in [0.2, 0.25) is 0 Å². The largest absolute Gasteiger partial charge is 0.391 e. The molecule has 2 N–H and O–H groups in total. The van der Waals surface area contributed by atoms with Gasteiger partial charge >= 0.3 is 0 Å². The van der Waals surface area contributed by atoms with Crippen molar-refractivity contribution in [1.29, 1.82) is 0 Å². The molecule has 0 saturated heterocycles. The second-order valence-corrected chi connectivity index (χ2v) is 5.40. The highest BCUT2D eigenvalue weighted by Gasteiger charge is 2.18. The van der Waals surface area contributed by atoms with Crippen molar-refractivity contribution in [3.05, 3.63) is 29.6 Å². The van der Waals surface area contributed by atoms with E-state index in [1.54, 1.807) is 6.07 Å². The smallest absolute Gasteiger partial charge is 0.146 e. The topological polar surface area (TPSA) is 32.3 Å². The summed E-state index contributed by atoms with van der Waals surface area (Å²) in [4.78, 5) is 0. The van der Waals surface area contributed by atoms with E-state index >= 15 is 0 Å². The first-order valence-corrected chi connectivity index (χ1v) is 6.83. The maximum Gasteiger partial charge on any atom is 0.146 e. The SMILES string of the molecule is Cc1ccc(NCC(O)CC2CCCC2)c(F)c1. The summed E-state index contributed by atoms with van der Waals surface area (Å²) in [7, 11) is 0. The van der Waals surface area contributed by atoms with E-state index in [1.807, 2.05) is 13.0 Å². The van der Waals surface area contributed by atoms with Gasteiger partial charge in [-0.1, -0.05) is 31.7 Å². The zero-order chi connectivity index (χ0) is 13.0. The quantitative estimate of drug-likeness (QED) is 0.839. The summed E-state index contributed by atoms with van der Waals surface area (Å²) in [5.41, 5.74) is 1.38. The van der Waals surface area contributed by atoms with E-state index in [0.717, 1.165) is 12.0 Å². The number of rotatable bonds is 5. The lowest BCUT2D eigenvalue weighted by molar-refractivity contribution is 0.155. The molecule has 0 heterocycles. The Balaban J connectivity index is 1.79. The summed E-state index contributed by atoms with van der Waals surface area (Å²) in [6.07, 6.45) is 5.50. The third-order valence-corrected chi connectivity index (χ3v) is 3.73. The lowest BCUT2D eigenvalue weighted by Gasteiger charge is -2.17. The van der Waals surface area contributed by atoms with Gasteiger partial charge in [-0.2, -0.15) is 0 Å². The average molecular weight is 251 g/mol. The van der Waals surface area contributed by atoms with Gasteiger partial charge < -0.3 is 10.4 Å². The van der Waals surface area contributed by atoms with Crippen LogP contribution in [0.1, 0.15) is 37.7 Å². The van der Waals surface area contributed by atoms with Crippen LogP contribution in [-0.2, 0) is 0 Å². The highest BCUT2D eigenvalue weighted by Crippen LogP contribution is 2.28. The standard InChI is InChI=1S/C15H22FNO/c1-11-6-7-15(14(16)8-11)17-10-13(18)9-12-4-2-3-5-12/h6-8,12-13,17-18H,2-5,9-10H2,1H3. The molecule has 1 saturated carbocycles. The second kappa shape index (κ2) is 6.19.